The summed E-state index contributed by atoms with van der Waals surface area (Å²) < 4.78 is 32.7. The van der Waals surface area contributed by atoms with Gasteiger partial charge in [0.2, 0.25) is 5.91 Å². The molecule has 6 nitrogen and oxygen atoms in total. The first-order chi connectivity index (χ1) is 16.5. The van der Waals surface area contributed by atoms with Crippen molar-refractivity contribution in [1.82, 2.24) is 15.1 Å². The number of fused-ring (bicyclic) bond motifs is 1. The molecule has 0 aromatic heterocycles. The average molecular weight is 470 g/mol. The van der Waals surface area contributed by atoms with E-state index in [-0.39, 0.29) is 54.2 Å². The van der Waals surface area contributed by atoms with Crippen LogP contribution in [0.2, 0.25) is 0 Å². The molecule has 0 spiro atoms. The summed E-state index contributed by atoms with van der Waals surface area (Å²) in [6, 6.07) is 12.9. The van der Waals surface area contributed by atoms with Crippen molar-refractivity contribution in [3.05, 3.63) is 71.3 Å². The van der Waals surface area contributed by atoms with Crippen molar-refractivity contribution in [1.29, 1.82) is 0 Å². The molecule has 2 atom stereocenters. The summed E-state index contributed by atoms with van der Waals surface area (Å²) in [6.45, 7) is 2.41. The van der Waals surface area contributed by atoms with Crippen LogP contribution in [0, 0.1) is 17.6 Å². The molecule has 0 aliphatic carbocycles. The fourth-order valence-corrected chi connectivity index (χ4v) is 5.57. The van der Waals surface area contributed by atoms with Gasteiger partial charge in [-0.2, -0.15) is 0 Å². The number of ether oxygens (including phenoxy) is 1. The number of hydrogen-bond acceptors (Lipinski definition) is 3. The minimum absolute atomic E-state index is 0.00293. The highest BCUT2D eigenvalue weighted by Crippen LogP contribution is 2.38. The molecule has 0 saturated carbocycles. The van der Waals surface area contributed by atoms with Crippen molar-refractivity contribution in [2.75, 3.05) is 32.8 Å². The van der Waals surface area contributed by atoms with Gasteiger partial charge in [0.05, 0.1) is 12.1 Å². The number of carbonyl (C=O) groups is 2. The number of amides is 3. The van der Waals surface area contributed by atoms with E-state index in [1.807, 2.05) is 9.80 Å². The lowest BCUT2D eigenvalue weighted by molar-refractivity contribution is -0.139. The smallest absolute Gasteiger partial charge is 0.320 e. The SMILES string of the molecule is O=C1CO[C@H]2CCN(C(=O)N3CCC(C(c4ccc(F)cc4)c4ccc(F)cc4)CC3)C[C@H]2N1. The Balaban J connectivity index is 1.26. The number of hydrogen-bond donors (Lipinski definition) is 1. The Morgan fingerprint density at radius 3 is 2.03 bits per heavy atom. The predicted molar refractivity (Wildman–Crippen MR) is 122 cm³/mol. The fraction of sp³-hybridized carbons (Fsp3) is 0.462. The van der Waals surface area contributed by atoms with E-state index in [2.05, 4.69) is 5.32 Å². The van der Waals surface area contributed by atoms with Gasteiger partial charge in [-0.3, -0.25) is 4.79 Å². The second kappa shape index (κ2) is 9.70. The molecular formula is C26H29F2N3O3. The molecule has 3 aliphatic heterocycles. The van der Waals surface area contributed by atoms with Gasteiger partial charge in [-0.15, -0.1) is 0 Å². The van der Waals surface area contributed by atoms with Gasteiger partial charge in [-0.1, -0.05) is 24.3 Å². The standard InChI is InChI=1S/C26H29F2N3O3/c27-20-5-1-17(2-6-20)25(18-3-7-21(28)8-4-18)19-9-12-30(13-10-19)26(33)31-14-11-23-22(15-31)29-24(32)16-34-23/h1-8,19,22-23,25H,9-16H2,(H,29,32)/t22-,23+/m1/s1. The van der Waals surface area contributed by atoms with Crippen molar-refractivity contribution >= 4 is 11.9 Å². The number of carbonyl (C=O) groups excluding carboxylic acids is 2. The summed E-state index contributed by atoms with van der Waals surface area (Å²) in [5.74, 6) is -0.458. The number of nitrogens with zero attached hydrogens (tertiary/aromatic N) is 2. The lowest BCUT2D eigenvalue weighted by atomic mass is 9.76. The molecule has 180 valence electrons. The average Bonchev–Trinajstić information content (AvgIpc) is 2.86. The summed E-state index contributed by atoms with van der Waals surface area (Å²) in [4.78, 5) is 28.6. The van der Waals surface area contributed by atoms with Gasteiger partial charge in [0.25, 0.3) is 0 Å². The van der Waals surface area contributed by atoms with E-state index < -0.39 is 0 Å². The largest absolute Gasteiger partial charge is 0.366 e. The third-order valence-corrected chi connectivity index (χ3v) is 7.33. The summed E-state index contributed by atoms with van der Waals surface area (Å²) >= 11 is 0. The first kappa shape index (κ1) is 22.8. The Labute approximate surface area is 197 Å². The van der Waals surface area contributed by atoms with Crippen molar-refractivity contribution < 1.29 is 23.1 Å². The maximum absolute atomic E-state index is 13.6. The number of nitrogens with one attached hydrogen (secondary N) is 1. The number of benzene rings is 2. The van der Waals surface area contributed by atoms with Gasteiger partial charge >= 0.3 is 6.03 Å². The molecule has 34 heavy (non-hydrogen) atoms. The van der Waals surface area contributed by atoms with Gasteiger partial charge in [-0.25, -0.2) is 13.6 Å². The first-order valence-corrected chi connectivity index (χ1v) is 11.9. The van der Waals surface area contributed by atoms with Crippen molar-refractivity contribution in [2.45, 2.75) is 37.3 Å². The van der Waals surface area contributed by atoms with E-state index in [1.165, 1.54) is 24.3 Å². The molecule has 3 heterocycles. The van der Waals surface area contributed by atoms with Gasteiger partial charge in [-0.05, 0) is 60.6 Å². The number of rotatable bonds is 3. The van der Waals surface area contributed by atoms with Gasteiger partial charge in [0.15, 0.2) is 0 Å². The van der Waals surface area contributed by atoms with Crippen LogP contribution in [0.1, 0.15) is 36.3 Å². The van der Waals surface area contributed by atoms with Crippen molar-refractivity contribution in [3.63, 3.8) is 0 Å². The van der Waals surface area contributed by atoms with E-state index in [1.54, 1.807) is 24.3 Å². The molecule has 0 bridgehead atoms. The third kappa shape index (κ3) is 4.78. The Bertz CT molecular complexity index is 977. The molecular weight excluding hydrogens is 440 g/mol. The first-order valence-electron chi connectivity index (χ1n) is 11.9. The molecule has 8 heteroatoms. The zero-order valence-electron chi connectivity index (χ0n) is 19.0. The predicted octanol–water partition coefficient (Wildman–Crippen LogP) is 3.52. The Hall–Kier alpha value is -3.00. The number of likely N-dealkylation sites (tertiary alicyclic amines) is 2. The number of urea groups is 1. The van der Waals surface area contributed by atoms with E-state index in [0.717, 1.165) is 24.0 Å². The van der Waals surface area contributed by atoms with Crippen LogP contribution in [0.15, 0.2) is 48.5 Å². The van der Waals surface area contributed by atoms with Crippen LogP contribution in [-0.4, -0.2) is 66.7 Å². The highest BCUT2D eigenvalue weighted by Gasteiger charge is 2.38. The Kier molecular flexibility index (Phi) is 6.50. The number of piperidine rings is 2. The van der Waals surface area contributed by atoms with Crippen LogP contribution < -0.4 is 5.32 Å². The fourth-order valence-electron chi connectivity index (χ4n) is 5.57. The minimum atomic E-state index is -0.287. The zero-order valence-corrected chi connectivity index (χ0v) is 19.0. The van der Waals surface area contributed by atoms with Crippen LogP contribution in [0.25, 0.3) is 0 Å². The minimum Gasteiger partial charge on any atom is -0.366 e. The lowest BCUT2D eigenvalue weighted by Gasteiger charge is -2.44. The zero-order chi connectivity index (χ0) is 23.7. The molecule has 0 radical (unpaired) electrons. The summed E-state index contributed by atoms with van der Waals surface area (Å²) in [6.07, 6.45) is 2.28. The molecule has 1 N–H and O–H groups in total. The number of morpholine rings is 1. The molecule has 5 rings (SSSR count). The molecule has 2 aromatic rings. The van der Waals surface area contributed by atoms with E-state index in [9.17, 15) is 18.4 Å². The maximum atomic E-state index is 13.6. The van der Waals surface area contributed by atoms with Crippen LogP contribution in [0.5, 0.6) is 0 Å². The van der Waals surface area contributed by atoms with Crippen LogP contribution in [0.3, 0.4) is 0 Å². The van der Waals surface area contributed by atoms with Crippen molar-refractivity contribution in [2.24, 2.45) is 5.92 Å². The molecule has 2 aromatic carbocycles. The topological polar surface area (TPSA) is 61.9 Å². The molecule has 3 aliphatic rings. The van der Waals surface area contributed by atoms with Gasteiger partial charge < -0.3 is 19.9 Å². The third-order valence-electron chi connectivity index (χ3n) is 7.33. The van der Waals surface area contributed by atoms with Gasteiger partial charge in [0, 0.05) is 32.1 Å². The van der Waals surface area contributed by atoms with Gasteiger partial charge in [0.1, 0.15) is 18.2 Å². The Morgan fingerprint density at radius 2 is 1.44 bits per heavy atom. The number of halogens is 2. The summed E-state index contributed by atoms with van der Waals surface area (Å²) in [5.41, 5.74) is 1.99. The lowest BCUT2D eigenvalue weighted by Crippen LogP contribution is -2.62. The van der Waals surface area contributed by atoms with Crippen LogP contribution >= 0.6 is 0 Å². The quantitative estimate of drug-likeness (QED) is 0.749. The highest BCUT2D eigenvalue weighted by molar-refractivity contribution is 5.79. The molecule has 3 fully saturated rings. The van der Waals surface area contributed by atoms with E-state index >= 15 is 0 Å². The monoisotopic (exact) mass is 469 g/mol. The molecule has 0 unspecified atom stereocenters. The summed E-state index contributed by atoms with van der Waals surface area (Å²) in [5, 5.41) is 2.94. The van der Waals surface area contributed by atoms with Crippen LogP contribution in [-0.2, 0) is 9.53 Å². The van der Waals surface area contributed by atoms with Crippen LogP contribution in [0.4, 0.5) is 13.6 Å². The highest BCUT2D eigenvalue weighted by atomic mass is 19.1. The maximum Gasteiger partial charge on any atom is 0.320 e. The Morgan fingerprint density at radius 1 is 0.882 bits per heavy atom. The second-order valence-corrected chi connectivity index (χ2v) is 9.45. The normalized spacial score (nSPS) is 23.6. The second-order valence-electron chi connectivity index (χ2n) is 9.45. The molecule has 3 saturated heterocycles. The summed E-state index contributed by atoms with van der Waals surface area (Å²) in [7, 11) is 0. The van der Waals surface area contributed by atoms with E-state index in [4.69, 9.17) is 4.74 Å². The molecule has 3 amide bonds. The van der Waals surface area contributed by atoms with Crippen molar-refractivity contribution in [3.8, 4) is 0 Å². The van der Waals surface area contributed by atoms with E-state index in [0.29, 0.717) is 32.6 Å².